The first-order valence-electron chi connectivity index (χ1n) is 7.54. The molecule has 0 unspecified atom stereocenters. The van der Waals surface area contributed by atoms with Crippen LogP contribution in [-0.4, -0.2) is 36.0 Å². The Morgan fingerprint density at radius 1 is 1.16 bits per heavy atom. The summed E-state index contributed by atoms with van der Waals surface area (Å²) < 4.78 is 27.0. The fourth-order valence-corrected chi connectivity index (χ4v) is 4.27. The number of sulfonamides is 1. The van der Waals surface area contributed by atoms with Crippen LogP contribution in [0.5, 0.6) is 0 Å². The number of hydrogen-bond acceptors (Lipinski definition) is 4. The molecule has 2 aromatic heterocycles. The van der Waals surface area contributed by atoms with Gasteiger partial charge in [-0.3, -0.25) is 14.1 Å². The van der Waals surface area contributed by atoms with E-state index < -0.39 is 22.5 Å². The number of pyridine rings is 1. The molecule has 0 aliphatic heterocycles. The molecule has 3 rings (SSSR count). The van der Waals surface area contributed by atoms with Crippen LogP contribution in [0.15, 0.2) is 47.5 Å². The number of aryl methyl sites for hydroxylation is 2. The van der Waals surface area contributed by atoms with Gasteiger partial charge in [0.1, 0.15) is 6.54 Å². The van der Waals surface area contributed by atoms with Crippen molar-refractivity contribution in [3.05, 3.63) is 54.0 Å². The lowest BCUT2D eigenvalue weighted by Crippen LogP contribution is -2.35. The number of rotatable bonds is 5. The Morgan fingerprint density at radius 3 is 2.48 bits per heavy atom. The SMILES string of the molecule is Cc1cc(S(=O)(=O)N(CC(=O)O)c2ccc3[nH]ccc3c2)cc(C)n1. The number of nitrogens with zero attached hydrogens (tertiary/aromatic N) is 2. The minimum absolute atomic E-state index is 0.0212. The van der Waals surface area contributed by atoms with Crippen LogP contribution in [0.2, 0.25) is 0 Å². The van der Waals surface area contributed by atoms with Gasteiger partial charge in [0.05, 0.1) is 10.6 Å². The molecule has 0 aliphatic rings. The van der Waals surface area contributed by atoms with Crippen molar-refractivity contribution in [3.63, 3.8) is 0 Å². The van der Waals surface area contributed by atoms with Crippen LogP contribution in [0.3, 0.4) is 0 Å². The molecular formula is C17H17N3O4S. The maximum Gasteiger partial charge on any atom is 0.324 e. The number of nitrogens with one attached hydrogen (secondary N) is 1. The average Bonchev–Trinajstić information content (AvgIpc) is 2.98. The number of benzene rings is 1. The Balaban J connectivity index is 2.15. The Bertz CT molecular complexity index is 1040. The predicted molar refractivity (Wildman–Crippen MR) is 94.2 cm³/mol. The number of H-pyrrole nitrogens is 1. The fourth-order valence-electron chi connectivity index (χ4n) is 2.71. The summed E-state index contributed by atoms with van der Waals surface area (Å²) in [5.74, 6) is -1.24. The smallest absolute Gasteiger partial charge is 0.324 e. The molecule has 0 fully saturated rings. The van der Waals surface area contributed by atoms with E-state index in [1.165, 1.54) is 12.1 Å². The summed E-state index contributed by atoms with van der Waals surface area (Å²) in [6.45, 7) is 2.72. The molecular weight excluding hydrogens is 342 g/mol. The lowest BCUT2D eigenvalue weighted by atomic mass is 10.2. The van der Waals surface area contributed by atoms with E-state index in [1.807, 2.05) is 0 Å². The zero-order valence-corrected chi connectivity index (χ0v) is 14.5. The van der Waals surface area contributed by atoms with E-state index in [0.29, 0.717) is 17.1 Å². The number of aromatic amines is 1. The number of aliphatic carboxylic acids is 1. The number of carbonyl (C=O) groups is 1. The Hall–Kier alpha value is -2.87. The molecule has 0 spiro atoms. The molecule has 0 atom stereocenters. The van der Waals surface area contributed by atoms with Gasteiger partial charge in [0.2, 0.25) is 0 Å². The van der Waals surface area contributed by atoms with Gasteiger partial charge in [-0.1, -0.05) is 0 Å². The lowest BCUT2D eigenvalue weighted by molar-refractivity contribution is -0.135. The number of carboxylic acid groups (broad SMARTS) is 1. The van der Waals surface area contributed by atoms with Gasteiger partial charge in [-0.2, -0.15) is 0 Å². The lowest BCUT2D eigenvalue weighted by Gasteiger charge is -2.23. The van der Waals surface area contributed by atoms with E-state index in [9.17, 15) is 18.3 Å². The number of anilines is 1. The molecule has 1 aromatic carbocycles. The highest BCUT2D eigenvalue weighted by molar-refractivity contribution is 7.92. The number of fused-ring (bicyclic) bond motifs is 1. The van der Waals surface area contributed by atoms with Crippen molar-refractivity contribution < 1.29 is 18.3 Å². The molecule has 25 heavy (non-hydrogen) atoms. The molecule has 0 aliphatic carbocycles. The zero-order chi connectivity index (χ0) is 18.2. The van der Waals surface area contributed by atoms with Crippen LogP contribution in [0, 0.1) is 13.8 Å². The molecule has 2 N–H and O–H groups in total. The molecule has 0 radical (unpaired) electrons. The van der Waals surface area contributed by atoms with E-state index in [1.54, 1.807) is 44.3 Å². The summed E-state index contributed by atoms with van der Waals surface area (Å²) in [5, 5.41) is 10.0. The maximum atomic E-state index is 13.1. The Kier molecular flexibility index (Phi) is 4.22. The highest BCUT2D eigenvalue weighted by Gasteiger charge is 2.28. The number of hydrogen-bond donors (Lipinski definition) is 2. The quantitative estimate of drug-likeness (QED) is 0.728. The largest absolute Gasteiger partial charge is 0.480 e. The number of carboxylic acids is 1. The van der Waals surface area contributed by atoms with Crippen molar-refractivity contribution in [2.45, 2.75) is 18.7 Å². The molecule has 2 heterocycles. The van der Waals surface area contributed by atoms with Crippen molar-refractivity contribution in [1.29, 1.82) is 0 Å². The number of aromatic nitrogens is 2. The normalized spacial score (nSPS) is 11.6. The molecule has 7 nitrogen and oxygen atoms in total. The average molecular weight is 359 g/mol. The van der Waals surface area contributed by atoms with Gasteiger partial charge in [0.25, 0.3) is 10.0 Å². The molecule has 0 saturated heterocycles. The van der Waals surface area contributed by atoms with Crippen molar-refractivity contribution in [1.82, 2.24) is 9.97 Å². The van der Waals surface area contributed by atoms with Crippen molar-refractivity contribution >= 4 is 32.6 Å². The second kappa shape index (κ2) is 6.21. The van der Waals surface area contributed by atoms with Crippen LogP contribution in [0.25, 0.3) is 10.9 Å². The summed E-state index contributed by atoms with van der Waals surface area (Å²) in [6.07, 6.45) is 1.74. The third kappa shape index (κ3) is 3.34. The van der Waals surface area contributed by atoms with Crippen LogP contribution in [-0.2, 0) is 14.8 Å². The van der Waals surface area contributed by atoms with E-state index in [-0.39, 0.29) is 4.90 Å². The molecule has 3 aromatic rings. The molecule has 0 bridgehead atoms. The summed E-state index contributed by atoms with van der Waals surface area (Å²) in [6, 6.07) is 9.62. The van der Waals surface area contributed by atoms with Gasteiger partial charge in [-0.15, -0.1) is 0 Å². The minimum atomic E-state index is -4.04. The first kappa shape index (κ1) is 17.0. The Labute approximate surface area is 145 Å². The van der Waals surface area contributed by atoms with Crippen LogP contribution in [0.4, 0.5) is 5.69 Å². The first-order valence-corrected chi connectivity index (χ1v) is 8.98. The standard InChI is InChI=1S/C17H17N3O4S/c1-11-7-15(8-12(2)19-11)25(23,24)20(10-17(21)22)14-3-4-16-13(9-14)5-6-18-16/h3-9,18H,10H2,1-2H3,(H,21,22). The Morgan fingerprint density at radius 2 is 1.84 bits per heavy atom. The molecule has 130 valence electrons. The van der Waals surface area contributed by atoms with Crippen molar-refractivity contribution in [2.24, 2.45) is 0 Å². The second-order valence-corrected chi connectivity index (χ2v) is 7.60. The first-order chi connectivity index (χ1) is 11.8. The van der Waals surface area contributed by atoms with E-state index in [0.717, 1.165) is 15.2 Å². The summed E-state index contributed by atoms with van der Waals surface area (Å²) >= 11 is 0. The highest BCUT2D eigenvalue weighted by Crippen LogP contribution is 2.27. The van der Waals surface area contributed by atoms with Crippen molar-refractivity contribution in [3.8, 4) is 0 Å². The summed E-state index contributed by atoms with van der Waals surface area (Å²) in [5.41, 5.74) is 2.23. The van der Waals surface area contributed by atoms with Gasteiger partial charge in [-0.05, 0) is 50.2 Å². The fraction of sp³-hybridized carbons (Fsp3) is 0.176. The topological polar surface area (TPSA) is 103 Å². The maximum absolute atomic E-state index is 13.1. The van der Waals surface area contributed by atoms with E-state index in [4.69, 9.17) is 0 Å². The molecule has 0 saturated carbocycles. The monoisotopic (exact) mass is 359 g/mol. The summed E-state index contributed by atoms with van der Waals surface area (Å²) in [4.78, 5) is 18.5. The molecule has 8 heteroatoms. The molecule has 0 amide bonds. The van der Waals surface area contributed by atoms with Crippen LogP contribution >= 0.6 is 0 Å². The summed E-state index contributed by atoms with van der Waals surface area (Å²) in [7, 11) is -4.04. The van der Waals surface area contributed by atoms with Gasteiger partial charge in [-0.25, -0.2) is 8.42 Å². The van der Waals surface area contributed by atoms with Crippen molar-refractivity contribution in [2.75, 3.05) is 10.8 Å². The van der Waals surface area contributed by atoms with Gasteiger partial charge < -0.3 is 10.1 Å². The van der Waals surface area contributed by atoms with Crippen LogP contribution < -0.4 is 4.31 Å². The zero-order valence-electron chi connectivity index (χ0n) is 13.7. The van der Waals surface area contributed by atoms with Gasteiger partial charge in [0, 0.05) is 28.5 Å². The third-order valence-corrected chi connectivity index (χ3v) is 5.50. The third-order valence-electron chi connectivity index (χ3n) is 3.75. The van der Waals surface area contributed by atoms with Gasteiger partial charge >= 0.3 is 5.97 Å². The predicted octanol–water partition coefficient (Wildman–Crippen LogP) is 2.46. The van der Waals surface area contributed by atoms with Gasteiger partial charge in [0.15, 0.2) is 0 Å². The highest BCUT2D eigenvalue weighted by atomic mass is 32.2. The van der Waals surface area contributed by atoms with E-state index in [2.05, 4.69) is 9.97 Å². The van der Waals surface area contributed by atoms with Crippen LogP contribution in [0.1, 0.15) is 11.4 Å². The van der Waals surface area contributed by atoms with E-state index >= 15 is 0 Å². The second-order valence-electron chi connectivity index (χ2n) is 5.74. The minimum Gasteiger partial charge on any atom is -0.480 e.